The van der Waals surface area contributed by atoms with E-state index >= 15 is 0 Å². The van der Waals surface area contributed by atoms with E-state index in [-0.39, 0.29) is 14.5 Å². The summed E-state index contributed by atoms with van der Waals surface area (Å²) in [5.74, 6) is 0. The van der Waals surface area contributed by atoms with E-state index in [1.54, 1.807) is 0 Å². The van der Waals surface area contributed by atoms with Gasteiger partial charge in [0.25, 0.3) is 0 Å². The van der Waals surface area contributed by atoms with E-state index in [1.807, 2.05) is 18.5 Å². The van der Waals surface area contributed by atoms with E-state index in [9.17, 15) is 0 Å². The van der Waals surface area contributed by atoms with E-state index in [2.05, 4.69) is 175 Å². The molecule has 9 aromatic carbocycles. The molecule has 11 rings (SSSR count). The van der Waals surface area contributed by atoms with Crippen molar-refractivity contribution in [2.75, 3.05) is 0 Å². The van der Waals surface area contributed by atoms with Crippen LogP contribution in [0.5, 0.6) is 0 Å². The van der Waals surface area contributed by atoms with Gasteiger partial charge >= 0.3 is 315 Å². The van der Waals surface area contributed by atoms with Crippen LogP contribution in [0, 0.1) is 0 Å². The zero-order valence-electron chi connectivity index (χ0n) is 28.8. The van der Waals surface area contributed by atoms with Crippen molar-refractivity contribution >= 4 is 76.9 Å². The summed E-state index contributed by atoms with van der Waals surface area (Å²) in [6, 6.07) is 65.1. The van der Waals surface area contributed by atoms with Gasteiger partial charge in [-0.2, -0.15) is 0 Å². The van der Waals surface area contributed by atoms with Gasteiger partial charge in [-0.05, 0) is 0 Å². The quantitative estimate of drug-likeness (QED) is 0.130. The number of hydrogen-bond donors (Lipinski definition) is 0. The molecule has 0 spiro atoms. The Hall–Kier alpha value is -6.31. The maximum absolute atomic E-state index is 4.52. The molecule has 2 heteroatoms. The summed E-state index contributed by atoms with van der Waals surface area (Å²) in [5.41, 5.74) is 10.1. The molecule has 0 aliphatic carbocycles. The molecule has 0 unspecified atom stereocenters. The number of benzene rings is 9. The molecule has 0 saturated heterocycles. The molecule has 0 bridgehead atoms. The summed E-state index contributed by atoms with van der Waals surface area (Å²) >= 11 is 0.210. The predicted octanol–water partition coefficient (Wildman–Crippen LogP) is 13.7. The third-order valence-corrected chi connectivity index (χ3v) is 13.3. The zero-order valence-corrected chi connectivity index (χ0v) is 30.5. The third kappa shape index (κ3) is 4.67. The molecule has 0 fully saturated rings. The Morgan fingerprint density at radius 3 is 1.36 bits per heavy atom. The Labute approximate surface area is 313 Å². The molecular weight excluding hydrogens is 706 g/mol. The molecule has 1 nitrogen and oxygen atoms in total. The van der Waals surface area contributed by atoms with Crippen LogP contribution in [0.3, 0.4) is 0 Å². The minimum absolute atomic E-state index is 0.210. The predicted molar refractivity (Wildman–Crippen MR) is 228 cm³/mol. The summed E-state index contributed by atoms with van der Waals surface area (Å²) in [4.78, 5) is 4.52. The van der Waals surface area contributed by atoms with Gasteiger partial charge in [0.15, 0.2) is 0 Å². The Balaban J connectivity index is 1.23. The van der Waals surface area contributed by atoms with Crippen molar-refractivity contribution in [3.63, 3.8) is 0 Å². The molecule has 2 heterocycles. The first-order chi connectivity index (χ1) is 26.3. The first kappa shape index (κ1) is 30.3. The van der Waals surface area contributed by atoms with E-state index < -0.39 is 0 Å². The number of rotatable bonds is 4. The van der Waals surface area contributed by atoms with Crippen LogP contribution in [0.4, 0.5) is 0 Å². The Morgan fingerprint density at radius 2 is 0.811 bits per heavy atom. The monoisotopic (exact) mass is 737 g/mol. The SMILES string of the molecule is c1ccc(-c2c3ccccc3c(-c3ccc4[se]c5cccc(-c6c7ccccc7c(-c7cccnc7)c7ccccc67)c5c4c3)c3ccccc23)cc1. The Morgan fingerprint density at radius 1 is 0.321 bits per heavy atom. The van der Waals surface area contributed by atoms with E-state index in [1.165, 1.54) is 101 Å². The van der Waals surface area contributed by atoms with E-state index in [4.69, 9.17) is 0 Å². The van der Waals surface area contributed by atoms with Crippen LogP contribution in [0.15, 0.2) is 188 Å². The van der Waals surface area contributed by atoms with E-state index in [0.717, 1.165) is 5.56 Å². The van der Waals surface area contributed by atoms with Gasteiger partial charge in [-0.3, -0.25) is 0 Å². The molecule has 0 radical (unpaired) electrons. The maximum atomic E-state index is 4.52. The van der Waals surface area contributed by atoms with Crippen LogP contribution in [0.25, 0.3) is 107 Å². The van der Waals surface area contributed by atoms with Gasteiger partial charge in [0.1, 0.15) is 0 Å². The molecule has 0 aliphatic heterocycles. The topological polar surface area (TPSA) is 12.9 Å². The first-order valence-corrected chi connectivity index (χ1v) is 19.8. The fraction of sp³-hybridized carbons (Fsp3) is 0. The third-order valence-electron chi connectivity index (χ3n) is 10.9. The van der Waals surface area contributed by atoms with Gasteiger partial charge in [-0.15, -0.1) is 0 Å². The molecule has 2 aromatic heterocycles. The molecule has 53 heavy (non-hydrogen) atoms. The van der Waals surface area contributed by atoms with Crippen molar-refractivity contribution in [2.45, 2.75) is 0 Å². The molecule has 0 aliphatic rings. The van der Waals surface area contributed by atoms with Crippen molar-refractivity contribution in [1.82, 2.24) is 4.98 Å². The van der Waals surface area contributed by atoms with Gasteiger partial charge in [0.05, 0.1) is 0 Å². The van der Waals surface area contributed by atoms with Crippen molar-refractivity contribution in [3.05, 3.63) is 188 Å². The number of hydrogen-bond acceptors (Lipinski definition) is 1. The van der Waals surface area contributed by atoms with E-state index in [0.29, 0.717) is 0 Å². The summed E-state index contributed by atoms with van der Waals surface area (Å²) in [6.45, 7) is 0. The Bertz CT molecular complexity index is 3100. The Kier molecular flexibility index (Phi) is 6.95. The van der Waals surface area contributed by atoms with Crippen molar-refractivity contribution < 1.29 is 0 Å². The number of pyridine rings is 1. The molecule has 0 amide bonds. The summed E-state index contributed by atoms with van der Waals surface area (Å²) in [5, 5.41) is 12.9. The van der Waals surface area contributed by atoms with Crippen LogP contribution < -0.4 is 0 Å². The molecule has 246 valence electrons. The summed E-state index contributed by atoms with van der Waals surface area (Å²) in [6.07, 6.45) is 3.85. The average Bonchev–Trinajstić information content (AvgIpc) is 3.61. The number of nitrogens with zero attached hydrogens (tertiary/aromatic N) is 1. The van der Waals surface area contributed by atoms with Crippen molar-refractivity contribution in [3.8, 4) is 44.5 Å². The van der Waals surface area contributed by atoms with Crippen LogP contribution in [-0.2, 0) is 0 Å². The fourth-order valence-electron chi connectivity index (χ4n) is 8.79. The van der Waals surface area contributed by atoms with Gasteiger partial charge in [0.2, 0.25) is 0 Å². The van der Waals surface area contributed by atoms with Crippen LogP contribution in [0.2, 0.25) is 0 Å². The normalized spacial score (nSPS) is 11.8. The molecule has 0 N–H and O–H groups in total. The van der Waals surface area contributed by atoms with Gasteiger partial charge in [-0.25, -0.2) is 0 Å². The fourth-order valence-corrected chi connectivity index (χ4v) is 11.1. The summed E-state index contributed by atoms with van der Waals surface area (Å²) < 4.78 is 2.89. The average molecular weight is 737 g/mol. The second-order valence-corrected chi connectivity index (χ2v) is 16.1. The van der Waals surface area contributed by atoms with Gasteiger partial charge in [0, 0.05) is 0 Å². The van der Waals surface area contributed by atoms with Crippen LogP contribution in [-0.4, -0.2) is 19.5 Å². The molecular formula is C51H31NSe. The van der Waals surface area contributed by atoms with Crippen LogP contribution >= 0.6 is 0 Å². The molecule has 0 atom stereocenters. The molecule has 11 aromatic rings. The van der Waals surface area contributed by atoms with Gasteiger partial charge < -0.3 is 0 Å². The van der Waals surface area contributed by atoms with Crippen LogP contribution in [0.1, 0.15) is 0 Å². The van der Waals surface area contributed by atoms with Gasteiger partial charge in [-0.1, -0.05) is 0 Å². The standard InChI is InChI=1S/C51H31NSe/c1-2-14-32(15-3-1)47-35-17-4-6-19-37(35)48(38-20-7-5-18-36(38)47)33-27-28-45-44(30-33)51-43(25-12-26-46(51)53-45)50-41-23-10-8-21-39(41)49(34-16-13-29-52-31-34)40-22-9-11-24-42(40)50/h1-31H. The zero-order chi connectivity index (χ0) is 34.9. The first-order valence-electron chi connectivity index (χ1n) is 18.1. The number of aromatic nitrogens is 1. The second-order valence-electron chi connectivity index (χ2n) is 13.8. The second kappa shape index (κ2) is 12.1. The number of fused-ring (bicyclic) bond motifs is 7. The molecule has 0 saturated carbocycles. The summed E-state index contributed by atoms with van der Waals surface area (Å²) in [7, 11) is 0. The minimum atomic E-state index is 0.210. The van der Waals surface area contributed by atoms with Crippen molar-refractivity contribution in [1.29, 1.82) is 0 Å². The van der Waals surface area contributed by atoms with Crippen molar-refractivity contribution in [2.24, 2.45) is 0 Å².